The molecule has 0 bridgehead atoms. The smallest absolute Gasteiger partial charge is 0.269 e. The highest BCUT2D eigenvalue weighted by atomic mass is 35.5. The number of non-ortho nitro benzene ring substituents is 1. The van der Waals surface area contributed by atoms with Gasteiger partial charge in [0.2, 0.25) is 5.91 Å². The summed E-state index contributed by atoms with van der Waals surface area (Å²) in [5, 5.41) is 18.7. The molecule has 2 unspecified atom stereocenters. The standard InChI is InChI=1S/C31H31N5O6S.ClH/c1-20-12-13-22-8-4-5-9-25(22)26(20)18-34-28-10-6-7-11-29(28)35(19-27(31(34)38)33-30(37)21(2)32-3)43(41,42)24-16-14-23(15-17-24)36(39)40;/h4-17,21,27,32H,18-19H2,1-3H3,(H,33,37);1H. The van der Waals surface area contributed by atoms with Crippen LogP contribution in [0.4, 0.5) is 17.1 Å². The Morgan fingerprint density at radius 1 is 1.00 bits per heavy atom. The van der Waals surface area contributed by atoms with Crippen LogP contribution < -0.4 is 19.8 Å². The van der Waals surface area contributed by atoms with E-state index in [9.17, 15) is 28.1 Å². The van der Waals surface area contributed by atoms with Gasteiger partial charge in [0.1, 0.15) is 6.04 Å². The van der Waals surface area contributed by atoms with Crippen molar-refractivity contribution >= 4 is 62.1 Å². The summed E-state index contributed by atoms with van der Waals surface area (Å²) in [6.07, 6.45) is 0. The quantitative estimate of drug-likeness (QED) is 0.217. The molecule has 0 fully saturated rings. The highest BCUT2D eigenvalue weighted by molar-refractivity contribution is 7.92. The minimum atomic E-state index is -4.33. The highest BCUT2D eigenvalue weighted by Gasteiger charge is 2.40. The number of nitrogens with one attached hydrogen (secondary N) is 2. The Kier molecular flexibility index (Phi) is 9.57. The normalized spacial score (nSPS) is 15.6. The summed E-state index contributed by atoms with van der Waals surface area (Å²) in [5.41, 5.74) is 2.18. The molecule has 4 aromatic rings. The number of hydrogen-bond acceptors (Lipinski definition) is 7. The van der Waals surface area contributed by atoms with Crippen LogP contribution in [0.3, 0.4) is 0 Å². The lowest BCUT2D eigenvalue weighted by Gasteiger charge is -2.27. The third-order valence-corrected chi connectivity index (χ3v) is 9.52. The van der Waals surface area contributed by atoms with Gasteiger partial charge >= 0.3 is 0 Å². The summed E-state index contributed by atoms with van der Waals surface area (Å²) in [6, 6.07) is 21.1. The topological polar surface area (TPSA) is 142 Å². The molecular formula is C31H32ClN5O6S. The molecule has 0 aromatic heterocycles. The lowest BCUT2D eigenvalue weighted by molar-refractivity contribution is -0.384. The SMILES string of the molecule is CNC(C)C(=O)NC1CN(S(=O)(=O)c2ccc([N+](=O)[O-])cc2)c2ccccc2N(Cc2c(C)ccc3ccccc23)C1=O.Cl. The summed E-state index contributed by atoms with van der Waals surface area (Å²) >= 11 is 0. The number of carbonyl (C=O) groups excluding carboxylic acids is 2. The molecule has 44 heavy (non-hydrogen) atoms. The Bertz CT molecular complexity index is 1830. The van der Waals surface area contributed by atoms with Gasteiger partial charge in [-0.05, 0) is 67.1 Å². The van der Waals surface area contributed by atoms with Crippen LogP contribution in [0.2, 0.25) is 0 Å². The molecule has 2 atom stereocenters. The van der Waals surface area contributed by atoms with Crippen LogP contribution in [0, 0.1) is 17.0 Å². The highest BCUT2D eigenvalue weighted by Crippen LogP contribution is 2.38. The fourth-order valence-corrected chi connectivity index (χ4v) is 6.65. The van der Waals surface area contributed by atoms with Crippen molar-refractivity contribution in [3.8, 4) is 0 Å². The van der Waals surface area contributed by atoms with Gasteiger partial charge in [0, 0.05) is 12.1 Å². The zero-order chi connectivity index (χ0) is 30.9. The first-order valence-electron chi connectivity index (χ1n) is 13.7. The molecule has 0 spiro atoms. The third-order valence-electron chi connectivity index (χ3n) is 7.72. The molecule has 2 amide bonds. The van der Waals surface area contributed by atoms with E-state index in [1.54, 1.807) is 38.2 Å². The number of fused-ring (bicyclic) bond motifs is 2. The number of nitro benzene ring substituents is 1. The maximum Gasteiger partial charge on any atom is 0.269 e. The molecule has 230 valence electrons. The maximum absolute atomic E-state index is 14.3. The number of aryl methyl sites for hydroxylation is 1. The number of anilines is 2. The number of hydrogen-bond donors (Lipinski definition) is 2. The second-order valence-electron chi connectivity index (χ2n) is 10.4. The first-order valence-corrected chi connectivity index (χ1v) is 15.1. The minimum Gasteiger partial charge on any atom is -0.341 e. The van der Waals surface area contributed by atoms with Gasteiger partial charge in [0.15, 0.2) is 0 Å². The Hall–Kier alpha value is -4.52. The van der Waals surface area contributed by atoms with Crippen LogP contribution >= 0.6 is 12.4 Å². The van der Waals surface area contributed by atoms with Gasteiger partial charge in [-0.3, -0.25) is 24.0 Å². The summed E-state index contributed by atoms with van der Waals surface area (Å²) < 4.78 is 29.3. The Labute approximate surface area is 261 Å². The van der Waals surface area contributed by atoms with Crippen molar-refractivity contribution in [2.75, 3.05) is 22.8 Å². The van der Waals surface area contributed by atoms with E-state index in [1.807, 2.05) is 43.3 Å². The Balaban J connectivity index is 0.00000442. The second kappa shape index (κ2) is 13.0. The fourth-order valence-electron chi connectivity index (χ4n) is 5.16. The number of carbonyl (C=O) groups is 2. The van der Waals surface area contributed by atoms with Crippen molar-refractivity contribution in [3.05, 3.63) is 106 Å². The van der Waals surface area contributed by atoms with Crippen LogP contribution in [0.15, 0.2) is 89.8 Å². The maximum atomic E-state index is 14.3. The van der Waals surface area contributed by atoms with Crippen LogP contribution in [0.25, 0.3) is 10.8 Å². The molecule has 0 saturated heterocycles. The van der Waals surface area contributed by atoms with Gasteiger partial charge in [-0.15, -0.1) is 12.4 Å². The average molecular weight is 638 g/mol. The number of halogens is 1. The van der Waals surface area contributed by atoms with Gasteiger partial charge in [0.25, 0.3) is 21.6 Å². The van der Waals surface area contributed by atoms with E-state index in [-0.39, 0.29) is 41.8 Å². The molecule has 4 aromatic carbocycles. The molecular weight excluding hydrogens is 606 g/mol. The zero-order valence-electron chi connectivity index (χ0n) is 24.3. The molecule has 0 saturated carbocycles. The molecule has 5 rings (SSSR count). The monoisotopic (exact) mass is 637 g/mol. The van der Waals surface area contributed by atoms with E-state index in [0.717, 1.165) is 50.5 Å². The van der Waals surface area contributed by atoms with Crippen molar-refractivity contribution in [1.29, 1.82) is 0 Å². The summed E-state index contributed by atoms with van der Waals surface area (Å²) in [5.74, 6) is -0.946. The Morgan fingerprint density at radius 2 is 1.64 bits per heavy atom. The predicted octanol–water partition coefficient (Wildman–Crippen LogP) is 4.31. The lowest BCUT2D eigenvalue weighted by Crippen LogP contribution is -2.55. The van der Waals surface area contributed by atoms with E-state index >= 15 is 0 Å². The van der Waals surface area contributed by atoms with Crippen LogP contribution in [0.1, 0.15) is 18.1 Å². The van der Waals surface area contributed by atoms with Crippen LogP contribution in [-0.4, -0.2) is 50.8 Å². The number of likely N-dealkylation sites (N-methyl/N-ethyl adjacent to an activating group) is 1. The predicted molar refractivity (Wildman–Crippen MR) is 172 cm³/mol. The van der Waals surface area contributed by atoms with E-state index < -0.39 is 38.8 Å². The molecule has 0 aliphatic carbocycles. The minimum absolute atomic E-state index is 0. The van der Waals surface area contributed by atoms with E-state index in [2.05, 4.69) is 10.6 Å². The van der Waals surface area contributed by atoms with Crippen molar-refractivity contribution in [2.24, 2.45) is 0 Å². The van der Waals surface area contributed by atoms with Gasteiger partial charge in [-0.25, -0.2) is 8.42 Å². The molecule has 1 aliphatic heterocycles. The first-order chi connectivity index (χ1) is 20.5. The van der Waals surface area contributed by atoms with Crippen molar-refractivity contribution in [3.63, 3.8) is 0 Å². The third kappa shape index (κ3) is 6.09. The summed E-state index contributed by atoms with van der Waals surface area (Å²) in [4.78, 5) is 39.2. The second-order valence-corrected chi connectivity index (χ2v) is 12.2. The van der Waals surface area contributed by atoms with E-state index in [1.165, 1.54) is 4.90 Å². The summed E-state index contributed by atoms with van der Waals surface area (Å²) in [7, 11) is -2.73. The number of nitrogens with zero attached hydrogens (tertiary/aromatic N) is 3. The molecule has 1 aliphatic rings. The number of nitro groups is 1. The van der Waals surface area contributed by atoms with Crippen molar-refractivity contribution in [2.45, 2.75) is 37.4 Å². The summed E-state index contributed by atoms with van der Waals surface area (Å²) in [6.45, 7) is 3.33. The van der Waals surface area contributed by atoms with Gasteiger partial charge in [-0.1, -0.05) is 48.5 Å². The average Bonchev–Trinajstić information content (AvgIpc) is 3.12. The largest absolute Gasteiger partial charge is 0.341 e. The fraction of sp³-hybridized carbons (Fsp3) is 0.226. The molecule has 1 heterocycles. The van der Waals surface area contributed by atoms with E-state index in [0.29, 0.717) is 5.69 Å². The van der Waals surface area contributed by atoms with Crippen LogP contribution in [-0.2, 0) is 26.2 Å². The number of benzene rings is 4. The van der Waals surface area contributed by atoms with E-state index in [4.69, 9.17) is 0 Å². The first kappa shape index (κ1) is 32.4. The van der Waals surface area contributed by atoms with Crippen LogP contribution in [0.5, 0.6) is 0 Å². The van der Waals surface area contributed by atoms with Crippen molar-refractivity contribution in [1.82, 2.24) is 10.6 Å². The number of para-hydroxylation sites is 2. The van der Waals surface area contributed by atoms with Gasteiger partial charge < -0.3 is 15.5 Å². The number of sulfonamides is 1. The van der Waals surface area contributed by atoms with Gasteiger partial charge in [0.05, 0.1) is 40.3 Å². The Morgan fingerprint density at radius 3 is 2.30 bits per heavy atom. The lowest BCUT2D eigenvalue weighted by atomic mass is 9.99. The zero-order valence-corrected chi connectivity index (χ0v) is 25.9. The number of amides is 2. The molecule has 11 nitrogen and oxygen atoms in total. The van der Waals surface area contributed by atoms with Gasteiger partial charge in [-0.2, -0.15) is 0 Å². The number of rotatable bonds is 8. The molecule has 0 radical (unpaired) electrons. The van der Waals surface area contributed by atoms with Crippen molar-refractivity contribution < 1.29 is 22.9 Å². The molecule has 13 heteroatoms. The molecule has 2 N–H and O–H groups in total.